The van der Waals surface area contributed by atoms with Crippen LogP contribution in [0.2, 0.25) is 0 Å². The molecule has 0 amide bonds. The summed E-state index contributed by atoms with van der Waals surface area (Å²) in [6.07, 6.45) is 2.85. The van der Waals surface area contributed by atoms with Gasteiger partial charge < -0.3 is 15.7 Å². The Morgan fingerprint density at radius 2 is 2.50 bits per heavy atom. The molecule has 0 radical (unpaired) electrons. The Morgan fingerprint density at radius 1 is 1.69 bits per heavy atom. The number of anilines is 1. The lowest BCUT2D eigenvalue weighted by molar-refractivity contribution is 0.238. The fourth-order valence-corrected chi connectivity index (χ4v) is 2.08. The van der Waals surface area contributed by atoms with Crippen LogP contribution in [0.3, 0.4) is 0 Å². The maximum atomic E-state index is 9.11. The van der Waals surface area contributed by atoms with Gasteiger partial charge in [0.25, 0.3) is 0 Å². The van der Waals surface area contributed by atoms with Crippen molar-refractivity contribution in [3.05, 3.63) is 23.9 Å². The van der Waals surface area contributed by atoms with Gasteiger partial charge in [-0.25, -0.2) is 4.98 Å². The third-order valence-electron chi connectivity index (χ3n) is 3.16. The highest BCUT2D eigenvalue weighted by Crippen LogP contribution is 2.23. The van der Waals surface area contributed by atoms with E-state index in [1.54, 1.807) is 6.20 Å². The van der Waals surface area contributed by atoms with Crippen LogP contribution in [0.25, 0.3) is 0 Å². The SMILES string of the molecule is C[C@@H](N)c1ccnc(N2CCC(CO)C2)c1. The second kappa shape index (κ2) is 4.80. The molecule has 1 unspecified atom stereocenters. The lowest BCUT2D eigenvalue weighted by atomic mass is 10.1. The monoisotopic (exact) mass is 221 g/mol. The van der Waals surface area contributed by atoms with Gasteiger partial charge in [0.1, 0.15) is 5.82 Å². The summed E-state index contributed by atoms with van der Waals surface area (Å²) in [6.45, 7) is 4.11. The molecule has 2 heterocycles. The van der Waals surface area contributed by atoms with E-state index in [9.17, 15) is 0 Å². The molecule has 4 nitrogen and oxygen atoms in total. The highest BCUT2D eigenvalue weighted by atomic mass is 16.3. The first-order valence-electron chi connectivity index (χ1n) is 5.78. The zero-order chi connectivity index (χ0) is 11.5. The van der Waals surface area contributed by atoms with Crippen molar-refractivity contribution < 1.29 is 5.11 Å². The van der Waals surface area contributed by atoms with Crippen LogP contribution in [-0.4, -0.2) is 29.8 Å². The molecule has 0 saturated carbocycles. The van der Waals surface area contributed by atoms with E-state index in [2.05, 4.69) is 9.88 Å². The fraction of sp³-hybridized carbons (Fsp3) is 0.583. The van der Waals surface area contributed by atoms with Gasteiger partial charge >= 0.3 is 0 Å². The van der Waals surface area contributed by atoms with Crippen molar-refractivity contribution in [3.8, 4) is 0 Å². The standard InChI is InChI=1S/C12H19N3O/c1-9(13)11-2-4-14-12(6-11)15-5-3-10(7-15)8-16/h2,4,6,9-10,16H,3,5,7-8,13H2,1H3/t9-,10?/m1/s1. The fourth-order valence-electron chi connectivity index (χ4n) is 2.08. The molecular formula is C12H19N3O. The summed E-state index contributed by atoms with van der Waals surface area (Å²) < 4.78 is 0. The van der Waals surface area contributed by atoms with Crippen molar-refractivity contribution in [2.45, 2.75) is 19.4 Å². The third-order valence-corrected chi connectivity index (χ3v) is 3.16. The van der Waals surface area contributed by atoms with Crippen LogP contribution in [0.1, 0.15) is 24.9 Å². The maximum Gasteiger partial charge on any atom is 0.128 e. The van der Waals surface area contributed by atoms with E-state index in [1.165, 1.54) is 0 Å². The molecule has 1 saturated heterocycles. The van der Waals surface area contributed by atoms with Crippen LogP contribution in [0.15, 0.2) is 18.3 Å². The molecule has 1 aliphatic rings. The number of aliphatic hydroxyl groups excluding tert-OH is 1. The molecule has 2 rings (SSSR count). The summed E-state index contributed by atoms with van der Waals surface area (Å²) in [5.74, 6) is 1.37. The van der Waals surface area contributed by atoms with E-state index in [-0.39, 0.29) is 12.6 Å². The predicted molar refractivity (Wildman–Crippen MR) is 64.2 cm³/mol. The van der Waals surface area contributed by atoms with Crippen LogP contribution in [0.4, 0.5) is 5.82 Å². The maximum absolute atomic E-state index is 9.11. The van der Waals surface area contributed by atoms with Crippen LogP contribution < -0.4 is 10.6 Å². The zero-order valence-corrected chi connectivity index (χ0v) is 9.63. The molecule has 1 aliphatic heterocycles. The lowest BCUT2D eigenvalue weighted by Crippen LogP contribution is -2.22. The van der Waals surface area contributed by atoms with Crippen molar-refractivity contribution >= 4 is 5.82 Å². The summed E-state index contributed by atoms with van der Waals surface area (Å²) >= 11 is 0. The van der Waals surface area contributed by atoms with Gasteiger partial charge in [-0.05, 0) is 31.0 Å². The topological polar surface area (TPSA) is 62.4 Å². The smallest absolute Gasteiger partial charge is 0.128 e. The Labute approximate surface area is 96.1 Å². The van der Waals surface area contributed by atoms with E-state index >= 15 is 0 Å². The number of aromatic nitrogens is 1. The first-order valence-corrected chi connectivity index (χ1v) is 5.78. The van der Waals surface area contributed by atoms with Crippen LogP contribution in [0, 0.1) is 5.92 Å². The summed E-state index contributed by atoms with van der Waals surface area (Å²) in [5.41, 5.74) is 6.96. The minimum Gasteiger partial charge on any atom is -0.396 e. The number of hydrogen-bond acceptors (Lipinski definition) is 4. The molecule has 0 spiro atoms. The highest BCUT2D eigenvalue weighted by Gasteiger charge is 2.22. The van der Waals surface area contributed by atoms with Gasteiger partial charge in [-0.3, -0.25) is 0 Å². The van der Waals surface area contributed by atoms with E-state index in [0.717, 1.165) is 30.9 Å². The Bertz CT molecular complexity index is 354. The van der Waals surface area contributed by atoms with E-state index in [0.29, 0.717) is 5.92 Å². The van der Waals surface area contributed by atoms with Crippen LogP contribution >= 0.6 is 0 Å². The molecule has 16 heavy (non-hydrogen) atoms. The van der Waals surface area contributed by atoms with Gasteiger partial charge in [-0.15, -0.1) is 0 Å². The Hall–Kier alpha value is -1.13. The summed E-state index contributed by atoms with van der Waals surface area (Å²) in [4.78, 5) is 6.58. The minimum atomic E-state index is 0.0398. The average Bonchev–Trinajstić information content (AvgIpc) is 2.77. The van der Waals surface area contributed by atoms with Gasteiger partial charge in [0.05, 0.1) is 0 Å². The largest absolute Gasteiger partial charge is 0.396 e. The number of hydrogen-bond donors (Lipinski definition) is 2. The van der Waals surface area contributed by atoms with Gasteiger partial charge in [0, 0.05) is 37.9 Å². The molecule has 3 N–H and O–H groups in total. The van der Waals surface area contributed by atoms with E-state index in [1.807, 2.05) is 19.1 Å². The number of aliphatic hydroxyl groups is 1. The van der Waals surface area contributed by atoms with Gasteiger partial charge in [-0.2, -0.15) is 0 Å². The third kappa shape index (κ3) is 2.33. The van der Waals surface area contributed by atoms with Crippen LogP contribution in [0.5, 0.6) is 0 Å². The molecule has 2 atom stereocenters. The average molecular weight is 221 g/mol. The molecule has 0 bridgehead atoms. The Kier molecular flexibility index (Phi) is 3.41. The lowest BCUT2D eigenvalue weighted by Gasteiger charge is -2.18. The first-order chi connectivity index (χ1) is 7.70. The molecular weight excluding hydrogens is 202 g/mol. The molecule has 0 aromatic carbocycles. The van der Waals surface area contributed by atoms with E-state index in [4.69, 9.17) is 10.8 Å². The van der Waals surface area contributed by atoms with Gasteiger partial charge in [0.15, 0.2) is 0 Å². The number of pyridine rings is 1. The van der Waals surface area contributed by atoms with Gasteiger partial charge in [-0.1, -0.05) is 0 Å². The van der Waals surface area contributed by atoms with Crippen molar-refractivity contribution in [3.63, 3.8) is 0 Å². The van der Waals surface area contributed by atoms with Crippen LogP contribution in [-0.2, 0) is 0 Å². The number of rotatable bonds is 3. The zero-order valence-electron chi connectivity index (χ0n) is 9.63. The quantitative estimate of drug-likeness (QED) is 0.796. The van der Waals surface area contributed by atoms with Gasteiger partial charge in [0.2, 0.25) is 0 Å². The molecule has 88 valence electrons. The molecule has 1 aromatic heterocycles. The second-order valence-corrected chi connectivity index (χ2v) is 4.52. The van der Waals surface area contributed by atoms with Crippen molar-refractivity contribution in [2.24, 2.45) is 11.7 Å². The minimum absolute atomic E-state index is 0.0398. The van der Waals surface area contributed by atoms with Crippen molar-refractivity contribution in [2.75, 3.05) is 24.6 Å². The molecule has 0 aliphatic carbocycles. The molecule has 4 heteroatoms. The normalized spacial score (nSPS) is 22.4. The Balaban J connectivity index is 2.12. The molecule has 1 fully saturated rings. The number of nitrogens with zero attached hydrogens (tertiary/aromatic N) is 2. The molecule has 1 aromatic rings. The highest BCUT2D eigenvalue weighted by molar-refractivity contribution is 5.42. The van der Waals surface area contributed by atoms with Crippen molar-refractivity contribution in [1.82, 2.24) is 4.98 Å². The predicted octanol–water partition coefficient (Wildman–Crippen LogP) is 0.920. The first kappa shape index (κ1) is 11.4. The van der Waals surface area contributed by atoms with E-state index < -0.39 is 0 Å². The summed E-state index contributed by atoms with van der Waals surface area (Å²) in [5, 5.41) is 9.11. The summed E-state index contributed by atoms with van der Waals surface area (Å²) in [7, 11) is 0. The van der Waals surface area contributed by atoms with Crippen molar-refractivity contribution in [1.29, 1.82) is 0 Å². The second-order valence-electron chi connectivity index (χ2n) is 4.52. The summed E-state index contributed by atoms with van der Waals surface area (Å²) in [6, 6.07) is 4.04. The number of nitrogens with two attached hydrogens (primary N) is 1. The Morgan fingerprint density at radius 3 is 3.12 bits per heavy atom.